The molecule has 0 aliphatic heterocycles. The molecule has 0 heterocycles. The lowest BCUT2D eigenvalue weighted by Gasteiger charge is -2.08. The van der Waals surface area contributed by atoms with Crippen molar-refractivity contribution in [3.63, 3.8) is 0 Å². The molecule has 0 fully saturated rings. The highest BCUT2D eigenvalue weighted by Gasteiger charge is 1.96. The molecule has 0 unspecified atom stereocenters. The zero-order valence-electron chi connectivity index (χ0n) is 7.52. The molecule has 0 spiro atoms. The van der Waals surface area contributed by atoms with Crippen LogP contribution in [0.25, 0.3) is 0 Å². The summed E-state index contributed by atoms with van der Waals surface area (Å²) in [6.07, 6.45) is 3.35. The fourth-order valence-corrected chi connectivity index (χ4v) is 0.691. The third-order valence-corrected chi connectivity index (χ3v) is 1.32. The standard InChI is InChI=1S/C9H16FN/c1-5-6-8(2)7-9(10)11(3)4/h7H,2,5-6H2,1,3-4H3/b9-7-. The number of hydrogen-bond donors (Lipinski definition) is 0. The lowest BCUT2D eigenvalue weighted by molar-refractivity contribution is 0.373. The van der Waals surface area contributed by atoms with E-state index in [0.717, 1.165) is 18.4 Å². The molecule has 0 amide bonds. The van der Waals surface area contributed by atoms with Gasteiger partial charge in [-0.15, -0.1) is 0 Å². The molecule has 0 aromatic carbocycles. The zero-order valence-corrected chi connectivity index (χ0v) is 7.52. The Morgan fingerprint density at radius 2 is 2.09 bits per heavy atom. The van der Waals surface area contributed by atoms with Gasteiger partial charge in [-0.05, 0) is 12.5 Å². The molecular formula is C9H16FN. The first kappa shape index (κ1) is 10.2. The van der Waals surface area contributed by atoms with Crippen molar-refractivity contribution >= 4 is 0 Å². The van der Waals surface area contributed by atoms with Gasteiger partial charge >= 0.3 is 0 Å². The maximum Gasteiger partial charge on any atom is 0.189 e. The monoisotopic (exact) mass is 157 g/mol. The molecule has 0 aromatic rings. The second-order valence-corrected chi connectivity index (χ2v) is 2.77. The van der Waals surface area contributed by atoms with Crippen molar-refractivity contribution in [1.29, 1.82) is 0 Å². The number of allylic oxidation sites excluding steroid dienone is 2. The first-order valence-electron chi connectivity index (χ1n) is 3.80. The minimum absolute atomic E-state index is 0.233. The summed E-state index contributed by atoms with van der Waals surface area (Å²) in [6.45, 7) is 5.77. The average molecular weight is 157 g/mol. The summed E-state index contributed by atoms with van der Waals surface area (Å²) >= 11 is 0. The molecule has 0 bridgehead atoms. The van der Waals surface area contributed by atoms with Gasteiger partial charge in [-0.1, -0.05) is 25.5 Å². The van der Waals surface area contributed by atoms with Crippen LogP contribution in [0.5, 0.6) is 0 Å². The number of halogens is 1. The molecule has 0 aromatic heterocycles. The van der Waals surface area contributed by atoms with E-state index in [-0.39, 0.29) is 5.95 Å². The molecule has 11 heavy (non-hydrogen) atoms. The van der Waals surface area contributed by atoms with Crippen LogP contribution in [0, 0.1) is 0 Å². The molecule has 0 aliphatic carbocycles. The lowest BCUT2D eigenvalue weighted by atomic mass is 10.2. The summed E-state index contributed by atoms with van der Waals surface area (Å²) in [5, 5.41) is 0. The maximum atomic E-state index is 12.8. The highest BCUT2D eigenvalue weighted by molar-refractivity contribution is 5.16. The summed E-state index contributed by atoms with van der Waals surface area (Å²) < 4.78 is 12.8. The summed E-state index contributed by atoms with van der Waals surface area (Å²) in [4.78, 5) is 1.43. The number of nitrogens with zero attached hydrogens (tertiary/aromatic N) is 1. The Balaban J connectivity index is 3.97. The van der Waals surface area contributed by atoms with Gasteiger partial charge in [0, 0.05) is 14.1 Å². The topological polar surface area (TPSA) is 3.24 Å². The Kier molecular flexibility index (Phi) is 4.59. The lowest BCUT2D eigenvalue weighted by Crippen LogP contribution is -2.06. The van der Waals surface area contributed by atoms with Crippen molar-refractivity contribution in [2.24, 2.45) is 0 Å². The quantitative estimate of drug-likeness (QED) is 0.448. The van der Waals surface area contributed by atoms with Gasteiger partial charge in [0.2, 0.25) is 0 Å². The number of rotatable bonds is 4. The van der Waals surface area contributed by atoms with Gasteiger partial charge in [0.15, 0.2) is 5.95 Å². The van der Waals surface area contributed by atoms with Gasteiger partial charge in [-0.2, -0.15) is 4.39 Å². The molecule has 0 rings (SSSR count). The molecule has 0 N–H and O–H groups in total. The average Bonchev–Trinajstić information content (AvgIpc) is 1.87. The van der Waals surface area contributed by atoms with Crippen LogP contribution in [0.2, 0.25) is 0 Å². The highest BCUT2D eigenvalue weighted by atomic mass is 19.1. The van der Waals surface area contributed by atoms with Crippen molar-refractivity contribution < 1.29 is 4.39 Å². The van der Waals surface area contributed by atoms with Gasteiger partial charge in [0.05, 0.1) is 0 Å². The van der Waals surface area contributed by atoms with Crippen LogP contribution in [0.1, 0.15) is 19.8 Å². The first-order valence-corrected chi connectivity index (χ1v) is 3.80. The van der Waals surface area contributed by atoms with Crippen molar-refractivity contribution in [3.05, 3.63) is 24.2 Å². The largest absolute Gasteiger partial charge is 0.355 e. The van der Waals surface area contributed by atoms with E-state index >= 15 is 0 Å². The van der Waals surface area contributed by atoms with Gasteiger partial charge in [-0.25, -0.2) is 0 Å². The van der Waals surface area contributed by atoms with E-state index in [4.69, 9.17) is 0 Å². The fourth-order valence-electron chi connectivity index (χ4n) is 0.691. The minimum atomic E-state index is -0.233. The Hall–Kier alpha value is -0.790. The molecule has 0 radical (unpaired) electrons. The van der Waals surface area contributed by atoms with Gasteiger partial charge < -0.3 is 4.90 Å². The second kappa shape index (κ2) is 4.94. The van der Waals surface area contributed by atoms with E-state index in [1.165, 1.54) is 11.0 Å². The van der Waals surface area contributed by atoms with Gasteiger partial charge in [0.25, 0.3) is 0 Å². The van der Waals surface area contributed by atoms with Crippen LogP contribution in [-0.4, -0.2) is 19.0 Å². The summed E-state index contributed by atoms with van der Waals surface area (Å²) in [5.41, 5.74) is 0.846. The normalized spacial score (nSPS) is 11.5. The molecule has 2 heteroatoms. The Labute approximate surface area is 68.2 Å². The molecule has 0 aliphatic rings. The Morgan fingerprint density at radius 1 is 1.55 bits per heavy atom. The third kappa shape index (κ3) is 4.59. The van der Waals surface area contributed by atoms with Gasteiger partial charge in [-0.3, -0.25) is 0 Å². The Morgan fingerprint density at radius 3 is 2.45 bits per heavy atom. The van der Waals surface area contributed by atoms with Crippen molar-refractivity contribution in [2.75, 3.05) is 14.1 Å². The van der Waals surface area contributed by atoms with E-state index in [1.807, 2.05) is 6.92 Å². The highest BCUT2D eigenvalue weighted by Crippen LogP contribution is 2.09. The first-order chi connectivity index (χ1) is 5.07. The van der Waals surface area contributed by atoms with Crippen molar-refractivity contribution in [1.82, 2.24) is 4.90 Å². The van der Waals surface area contributed by atoms with E-state index < -0.39 is 0 Å². The smallest absolute Gasteiger partial charge is 0.189 e. The molecular weight excluding hydrogens is 141 g/mol. The van der Waals surface area contributed by atoms with E-state index in [2.05, 4.69) is 6.58 Å². The predicted molar refractivity (Wildman–Crippen MR) is 46.9 cm³/mol. The number of hydrogen-bond acceptors (Lipinski definition) is 1. The summed E-state index contributed by atoms with van der Waals surface area (Å²) in [5.74, 6) is -0.233. The third-order valence-electron chi connectivity index (χ3n) is 1.32. The van der Waals surface area contributed by atoms with Crippen LogP contribution in [0.15, 0.2) is 24.2 Å². The SMILES string of the molecule is C=C(/C=C(/F)N(C)C)CCC. The van der Waals surface area contributed by atoms with Crippen LogP contribution < -0.4 is 0 Å². The zero-order chi connectivity index (χ0) is 8.85. The van der Waals surface area contributed by atoms with E-state index in [0.29, 0.717) is 0 Å². The molecule has 0 saturated carbocycles. The molecule has 0 saturated heterocycles. The second-order valence-electron chi connectivity index (χ2n) is 2.77. The van der Waals surface area contributed by atoms with Crippen molar-refractivity contribution in [3.8, 4) is 0 Å². The molecule has 1 nitrogen and oxygen atoms in total. The minimum Gasteiger partial charge on any atom is -0.355 e. The van der Waals surface area contributed by atoms with E-state index in [9.17, 15) is 4.39 Å². The molecule has 64 valence electrons. The maximum absolute atomic E-state index is 12.8. The molecule has 0 atom stereocenters. The van der Waals surface area contributed by atoms with Crippen LogP contribution in [0.4, 0.5) is 4.39 Å². The Bertz CT molecular complexity index is 159. The summed E-state index contributed by atoms with van der Waals surface area (Å²) in [7, 11) is 3.34. The van der Waals surface area contributed by atoms with Crippen molar-refractivity contribution in [2.45, 2.75) is 19.8 Å². The van der Waals surface area contributed by atoms with Crippen LogP contribution >= 0.6 is 0 Å². The van der Waals surface area contributed by atoms with Crippen LogP contribution in [-0.2, 0) is 0 Å². The van der Waals surface area contributed by atoms with Gasteiger partial charge in [0.1, 0.15) is 0 Å². The summed E-state index contributed by atoms with van der Waals surface area (Å²) in [6, 6.07) is 0. The predicted octanol–water partition coefficient (Wildman–Crippen LogP) is 2.72. The van der Waals surface area contributed by atoms with Crippen LogP contribution in [0.3, 0.4) is 0 Å². The fraction of sp³-hybridized carbons (Fsp3) is 0.556. The van der Waals surface area contributed by atoms with E-state index in [1.54, 1.807) is 14.1 Å².